The number of sulfonamides is 1. The Labute approximate surface area is 257 Å². The monoisotopic (exact) mass is 620 g/mol. The number of ether oxygens (including phenoxy) is 3. The molecule has 232 valence electrons. The van der Waals surface area contributed by atoms with Crippen molar-refractivity contribution in [3.63, 3.8) is 0 Å². The number of carboxylic acids is 1. The zero-order valence-electron chi connectivity index (χ0n) is 24.5. The normalized spacial score (nSPS) is 12.6. The number of anilines is 1. The van der Waals surface area contributed by atoms with E-state index < -0.39 is 22.1 Å². The third-order valence-electron chi connectivity index (χ3n) is 6.59. The predicted molar refractivity (Wildman–Crippen MR) is 169 cm³/mol. The number of carbonyl (C=O) groups is 1. The molecule has 4 rings (SSSR count). The molecule has 0 bridgehead atoms. The Balaban J connectivity index is 1.28. The minimum Gasteiger partial charge on any atom is -0.492 e. The molecular formula is C33H36N2O8S. The van der Waals surface area contributed by atoms with Crippen molar-refractivity contribution in [2.45, 2.75) is 25.7 Å². The lowest BCUT2D eigenvalue weighted by molar-refractivity contribution is -0.139. The third kappa shape index (κ3) is 10.0. The number of nitrogens with one attached hydrogen (secondary N) is 2. The Morgan fingerprint density at radius 3 is 2.05 bits per heavy atom. The van der Waals surface area contributed by atoms with Crippen molar-refractivity contribution < 1.29 is 37.6 Å². The van der Waals surface area contributed by atoms with E-state index in [-0.39, 0.29) is 24.9 Å². The first kappa shape index (κ1) is 32.3. The first-order valence-electron chi connectivity index (χ1n) is 14.0. The minimum absolute atomic E-state index is 0.251. The molecule has 0 aromatic heterocycles. The van der Waals surface area contributed by atoms with Crippen LogP contribution in [0.5, 0.6) is 17.2 Å². The van der Waals surface area contributed by atoms with Crippen LogP contribution in [0, 0.1) is 0 Å². The second-order valence-electron chi connectivity index (χ2n) is 10.2. The Morgan fingerprint density at radius 2 is 1.45 bits per heavy atom. The van der Waals surface area contributed by atoms with Crippen molar-refractivity contribution in [3.05, 3.63) is 108 Å². The number of aliphatic hydroxyl groups is 1. The number of carboxylic acid groups (broad SMARTS) is 1. The number of hydrogen-bond acceptors (Lipinski definition) is 8. The van der Waals surface area contributed by atoms with Crippen molar-refractivity contribution in [2.24, 2.45) is 0 Å². The van der Waals surface area contributed by atoms with E-state index in [1.165, 1.54) is 0 Å². The van der Waals surface area contributed by atoms with Crippen molar-refractivity contribution in [1.82, 2.24) is 5.32 Å². The summed E-state index contributed by atoms with van der Waals surface area (Å²) in [6, 6.07) is 28.9. The summed E-state index contributed by atoms with van der Waals surface area (Å²) in [7, 11) is -3.58. The summed E-state index contributed by atoms with van der Waals surface area (Å²) in [5, 5.41) is 23.0. The van der Waals surface area contributed by atoms with E-state index in [1.807, 2.05) is 73.7 Å². The van der Waals surface area contributed by atoms with Crippen LogP contribution in [-0.2, 0) is 21.4 Å². The van der Waals surface area contributed by atoms with Crippen LogP contribution in [0.4, 0.5) is 5.69 Å². The largest absolute Gasteiger partial charge is 0.492 e. The van der Waals surface area contributed by atoms with E-state index >= 15 is 0 Å². The molecule has 0 aliphatic carbocycles. The van der Waals surface area contributed by atoms with E-state index in [0.29, 0.717) is 36.0 Å². The van der Waals surface area contributed by atoms with Crippen LogP contribution in [0.15, 0.2) is 97.1 Å². The molecule has 0 heterocycles. The molecule has 0 spiro atoms. The van der Waals surface area contributed by atoms with Crippen LogP contribution < -0.4 is 24.2 Å². The average molecular weight is 621 g/mol. The van der Waals surface area contributed by atoms with Gasteiger partial charge in [-0.05, 0) is 65.6 Å². The first-order chi connectivity index (χ1) is 21.1. The fraction of sp³-hybridized carbons (Fsp3) is 0.242. The summed E-state index contributed by atoms with van der Waals surface area (Å²) in [6.07, 6.45) is 0.145. The van der Waals surface area contributed by atoms with Gasteiger partial charge in [-0.3, -0.25) is 4.72 Å². The minimum atomic E-state index is -3.58. The van der Waals surface area contributed by atoms with Crippen LogP contribution in [0.25, 0.3) is 11.1 Å². The summed E-state index contributed by atoms with van der Waals surface area (Å²) >= 11 is 0. The highest BCUT2D eigenvalue weighted by Gasteiger charge is 2.19. The van der Waals surface area contributed by atoms with Gasteiger partial charge in [-0.1, -0.05) is 60.7 Å². The molecule has 0 saturated heterocycles. The standard InChI is InChI=1S/C33H36N2O8S/c1-23(33(38)27-12-17-31(30(20-27)35-44(2,39)40)43-21-24-6-4-3-5-7-24)34-18-19-41-28-13-8-25(9-14-28)26-10-15-29(16-11-26)42-22-32(36)37/h3-17,20,23,33-35,38H,18-19,21-22H2,1-2H3,(H,36,37)/t23-,33+/m0/s1. The molecule has 4 N–H and O–H groups in total. The molecule has 11 heteroatoms. The van der Waals surface area contributed by atoms with Gasteiger partial charge in [-0.25, -0.2) is 13.2 Å². The molecule has 0 saturated carbocycles. The Bertz CT molecular complexity index is 1610. The molecule has 0 aliphatic rings. The quantitative estimate of drug-likeness (QED) is 0.129. The van der Waals surface area contributed by atoms with Crippen LogP contribution in [0.2, 0.25) is 0 Å². The second-order valence-corrected chi connectivity index (χ2v) is 11.9. The lowest BCUT2D eigenvalue weighted by Gasteiger charge is -2.22. The van der Waals surface area contributed by atoms with Gasteiger partial charge in [0.15, 0.2) is 6.61 Å². The molecule has 0 unspecified atom stereocenters. The van der Waals surface area contributed by atoms with Crippen LogP contribution >= 0.6 is 0 Å². The molecular weight excluding hydrogens is 584 g/mol. The van der Waals surface area contributed by atoms with E-state index in [4.69, 9.17) is 19.3 Å². The van der Waals surface area contributed by atoms with Gasteiger partial charge in [0, 0.05) is 12.6 Å². The molecule has 44 heavy (non-hydrogen) atoms. The van der Waals surface area contributed by atoms with E-state index in [0.717, 1.165) is 22.9 Å². The SMILES string of the molecule is C[C@H](NCCOc1ccc(-c2ccc(OCC(=O)O)cc2)cc1)[C@@H](O)c1ccc(OCc2ccccc2)c(NS(C)(=O)=O)c1. The van der Waals surface area contributed by atoms with Gasteiger partial charge in [-0.15, -0.1) is 0 Å². The van der Waals surface area contributed by atoms with Crippen molar-refractivity contribution in [2.75, 3.05) is 30.7 Å². The van der Waals surface area contributed by atoms with Gasteiger partial charge < -0.3 is 29.7 Å². The number of rotatable bonds is 16. The second kappa shape index (κ2) is 15.2. The highest BCUT2D eigenvalue weighted by molar-refractivity contribution is 7.92. The molecule has 4 aromatic rings. The van der Waals surface area contributed by atoms with Crippen LogP contribution in [-0.4, -0.2) is 56.7 Å². The highest BCUT2D eigenvalue weighted by Crippen LogP contribution is 2.31. The maximum Gasteiger partial charge on any atom is 0.341 e. The number of aliphatic hydroxyl groups excluding tert-OH is 1. The lowest BCUT2D eigenvalue weighted by Crippen LogP contribution is -2.35. The van der Waals surface area contributed by atoms with Gasteiger partial charge >= 0.3 is 5.97 Å². The number of aliphatic carboxylic acids is 1. The molecule has 0 aliphatic heterocycles. The molecule has 10 nitrogen and oxygen atoms in total. The predicted octanol–water partition coefficient (Wildman–Crippen LogP) is 4.86. The van der Waals surface area contributed by atoms with E-state index in [2.05, 4.69) is 10.0 Å². The third-order valence-corrected chi connectivity index (χ3v) is 7.18. The summed E-state index contributed by atoms with van der Waals surface area (Å²) in [4.78, 5) is 10.6. The average Bonchev–Trinajstić information content (AvgIpc) is 3.01. The summed E-state index contributed by atoms with van der Waals surface area (Å²) in [5.74, 6) is 0.503. The van der Waals surface area contributed by atoms with Gasteiger partial charge in [0.05, 0.1) is 18.0 Å². The topological polar surface area (TPSA) is 143 Å². The Morgan fingerprint density at radius 1 is 0.841 bits per heavy atom. The highest BCUT2D eigenvalue weighted by atomic mass is 32.2. The fourth-order valence-corrected chi connectivity index (χ4v) is 4.92. The van der Waals surface area contributed by atoms with Crippen LogP contribution in [0.1, 0.15) is 24.2 Å². The fourth-order valence-electron chi connectivity index (χ4n) is 4.36. The molecule has 4 aromatic carbocycles. The van der Waals surface area contributed by atoms with Crippen molar-refractivity contribution in [1.29, 1.82) is 0 Å². The van der Waals surface area contributed by atoms with Crippen LogP contribution in [0.3, 0.4) is 0 Å². The van der Waals surface area contributed by atoms with Gasteiger partial charge in [0.1, 0.15) is 30.5 Å². The smallest absolute Gasteiger partial charge is 0.341 e. The zero-order valence-corrected chi connectivity index (χ0v) is 25.3. The van der Waals surface area contributed by atoms with Crippen molar-refractivity contribution in [3.8, 4) is 28.4 Å². The summed E-state index contributed by atoms with van der Waals surface area (Å²) in [6.45, 7) is 2.53. The van der Waals surface area contributed by atoms with E-state index in [9.17, 15) is 18.3 Å². The van der Waals surface area contributed by atoms with Gasteiger partial charge in [0.2, 0.25) is 10.0 Å². The summed E-state index contributed by atoms with van der Waals surface area (Å²) in [5.41, 5.74) is 3.64. The summed E-state index contributed by atoms with van der Waals surface area (Å²) < 4.78 is 43.4. The Kier molecular flexibility index (Phi) is 11.2. The van der Waals surface area contributed by atoms with Gasteiger partial charge in [0.25, 0.3) is 0 Å². The molecule has 2 atom stereocenters. The number of benzene rings is 4. The van der Waals surface area contributed by atoms with E-state index in [1.54, 1.807) is 30.3 Å². The molecule has 0 radical (unpaired) electrons. The van der Waals surface area contributed by atoms with Gasteiger partial charge in [-0.2, -0.15) is 0 Å². The van der Waals surface area contributed by atoms with Crippen molar-refractivity contribution >= 4 is 21.7 Å². The lowest BCUT2D eigenvalue weighted by atomic mass is 10.0. The maximum atomic E-state index is 12.0. The first-order valence-corrected chi connectivity index (χ1v) is 15.8. The zero-order chi connectivity index (χ0) is 31.5. The maximum absolute atomic E-state index is 12.0. The number of hydrogen-bond donors (Lipinski definition) is 4. The molecule has 0 fully saturated rings. The molecule has 0 amide bonds. The Hall–Kier alpha value is -4.58.